The van der Waals surface area contributed by atoms with Gasteiger partial charge in [0.25, 0.3) is 5.91 Å². The summed E-state index contributed by atoms with van der Waals surface area (Å²) in [5, 5.41) is 17.5. The lowest BCUT2D eigenvalue weighted by Gasteiger charge is -2.28. The number of rotatable bonds is 7. The number of para-hydroxylation sites is 2. The Bertz CT molecular complexity index is 1290. The summed E-state index contributed by atoms with van der Waals surface area (Å²) < 4.78 is 5.52. The predicted octanol–water partition coefficient (Wildman–Crippen LogP) is 5.62. The van der Waals surface area contributed by atoms with Crippen molar-refractivity contribution in [3.63, 3.8) is 0 Å². The number of nitrogens with one attached hydrogen (secondary N) is 3. The Labute approximate surface area is 224 Å². The van der Waals surface area contributed by atoms with Crippen molar-refractivity contribution in [3.8, 4) is 6.07 Å². The van der Waals surface area contributed by atoms with Crippen LogP contribution in [0.25, 0.3) is 10.9 Å². The summed E-state index contributed by atoms with van der Waals surface area (Å²) in [7, 11) is 0. The van der Waals surface area contributed by atoms with Gasteiger partial charge in [-0.1, -0.05) is 43.2 Å². The van der Waals surface area contributed by atoms with Crippen LogP contribution in [-0.2, 0) is 11.2 Å². The van der Waals surface area contributed by atoms with Gasteiger partial charge in [-0.25, -0.2) is 4.79 Å². The molecule has 4 rings (SSSR count). The van der Waals surface area contributed by atoms with E-state index in [1.54, 1.807) is 26.8 Å². The molecule has 0 bridgehead atoms. The molecule has 3 N–H and O–H groups in total. The topological polar surface area (TPSA) is 110 Å². The maximum absolute atomic E-state index is 13.5. The molecule has 8 nitrogen and oxygen atoms in total. The highest BCUT2D eigenvalue weighted by molar-refractivity contribution is 5.99. The van der Waals surface area contributed by atoms with Crippen molar-refractivity contribution in [1.29, 1.82) is 5.26 Å². The van der Waals surface area contributed by atoms with Crippen LogP contribution in [-0.4, -0.2) is 52.7 Å². The first-order chi connectivity index (χ1) is 18.2. The second-order valence-corrected chi connectivity index (χ2v) is 10.8. The van der Waals surface area contributed by atoms with Crippen LogP contribution >= 0.6 is 0 Å². The molecule has 1 saturated heterocycles. The maximum Gasteiger partial charge on any atom is 0.407 e. The molecule has 1 aromatic heterocycles. The molecule has 2 amide bonds. The van der Waals surface area contributed by atoms with Gasteiger partial charge >= 0.3 is 6.09 Å². The van der Waals surface area contributed by atoms with Crippen molar-refractivity contribution in [1.82, 2.24) is 15.2 Å². The number of hydrogen-bond donors (Lipinski definition) is 3. The smallest absolute Gasteiger partial charge is 0.407 e. The molecule has 1 fully saturated rings. The van der Waals surface area contributed by atoms with E-state index < -0.39 is 23.8 Å². The summed E-state index contributed by atoms with van der Waals surface area (Å²) in [6.45, 7) is 6.86. The fourth-order valence-corrected chi connectivity index (χ4v) is 4.88. The number of benzene rings is 2. The molecule has 0 saturated carbocycles. The fraction of sp³-hybridized carbons (Fsp3) is 0.433. The summed E-state index contributed by atoms with van der Waals surface area (Å²) in [6, 6.07) is 16.0. The lowest BCUT2D eigenvalue weighted by atomic mass is 9.98. The van der Waals surface area contributed by atoms with Crippen molar-refractivity contribution in [2.24, 2.45) is 0 Å². The Balaban J connectivity index is 1.61. The van der Waals surface area contributed by atoms with Crippen molar-refractivity contribution in [2.45, 2.75) is 70.6 Å². The minimum atomic E-state index is -0.825. The van der Waals surface area contributed by atoms with E-state index in [1.165, 1.54) is 0 Å². The number of H-pyrrole nitrogens is 1. The van der Waals surface area contributed by atoms with E-state index in [9.17, 15) is 14.9 Å². The van der Waals surface area contributed by atoms with E-state index in [1.807, 2.05) is 53.6 Å². The summed E-state index contributed by atoms with van der Waals surface area (Å²) in [5.41, 5.74) is 2.36. The molecular weight excluding hydrogens is 478 g/mol. The van der Waals surface area contributed by atoms with E-state index in [0.717, 1.165) is 55.2 Å². The van der Waals surface area contributed by atoms with Crippen LogP contribution in [0.4, 0.5) is 10.5 Å². The van der Waals surface area contributed by atoms with Crippen molar-refractivity contribution in [2.75, 3.05) is 18.4 Å². The standard InChI is InChI=1S/C30H37N5O3/c1-30(2,3)38-29(37)34-26(18-21-20-32-24-14-8-6-12-22(21)24)27(19-31)33-25-15-9-7-13-23(25)28(36)35-16-10-4-5-11-17-35/h6-9,12-15,20,26-27,32-33H,4-5,10-11,16-18H2,1-3H3,(H,34,37)/t26-,27?/m0/s1. The van der Waals surface area contributed by atoms with Gasteiger partial charge in [-0.3, -0.25) is 4.79 Å². The molecular formula is C30H37N5O3. The molecule has 0 aliphatic carbocycles. The second-order valence-electron chi connectivity index (χ2n) is 10.8. The molecule has 200 valence electrons. The summed E-state index contributed by atoms with van der Waals surface area (Å²) in [6.07, 6.45) is 5.94. The zero-order valence-corrected chi connectivity index (χ0v) is 22.4. The van der Waals surface area contributed by atoms with Crippen molar-refractivity contribution >= 4 is 28.6 Å². The molecule has 38 heavy (non-hydrogen) atoms. The number of aromatic nitrogens is 1. The second kappa shape index (κ2) is 12.0. The molecule has 1 aliphatic heterocycles. The number of aromatic amines is 1. The minimum absolute atomic E-state index is 0.0417. The molecule has 2 aromatic carbocycles. The third-order valence-electron chi connectivity index (χ3n) is 6.72. The van der Waals surface area contributed by atoms with Gasteiger partial charge < -0.3 is 25.3 Å². The molecule has 1 unspecified atom stereocenters. The zero-order valence-electron chi connectivity index (χ0n) is 22.4. The number of amides is 2. The van der Waals surface area contributed by atoms with Crippen molar-refractivity contribution in [3.05, 3.63) is 65.9 Å². The largest absolute Gasteiger partial charge is 0.444 e. The van der Waals surface area contributed by atoms with Gasteiger partial charge in [0.1, 0.15) is 11.6 Å². The Morgan fingerprint density at radius 1 is 1.05 bits per heavy atom. The SMILES string of the molecule is CC(C)(C)OC(=O)N[C@@H](Cc1c[nH]c2ccccc12)C(C#N)Nc1ccccc1C(=O)N1CCCCCC1. The number of likely N-dealkylation sites (tertiary alicyclic amines) is 1. The van der Waals surface area contributed by atoms with E-state index in [2.05, 4.69) is 21.7 Å². The number of ether oxygens (including phenoxy) is 1. The van der Waals surface area contributed by atoms with Crippen molar-refractivity contribution < 1.29 is 14.3 Å². The van der Waals surface area contributed by atoms with Gasteiger partial charge in [0.15, 0.2) is 0 Å². The van der Waals surface area contributed by atoms with Crippen LogP contribution < -0.4 is 10.6 Å². The van der Waals surface area contributed by atoms with E-state index >= 15 is 0 Å². The number of carbonyl (C=O) groups is 2. The molecule has 3 aromatic rings. The first kappa shape index (κ1) is 27.1. The number of alkyl carbamates (subject to hydrolysis) is 1. The van der Waals surface area contributed by atoms with Gasteiger partial charge in [-0.15, -0.1) is 0 Å². The predicted molar refractivity (Wildman–Crippen MR) is 149 cm³/mol. The maximum atomic E-state index is 13.5. The van der Waals surface area contributed by atoms with Gasteiger partial charge in [0.2, 0.25) is 0 Å². The molecule has 2 atom stereocenters. The highest BCUT2D eigenvalue weighted by atomic mass is 16.6. The molecule has 0 radical (unpaired) electrons. The Morgan fingerprint density at radius 2 is 1.74 bits per heavy atom. The lowest BCUT2D eigenvalue weighted by molar-refractivity contribution is 0.0502. The van der Waals surface area contributed by atoms with Gasteiger partial charge in [0.05, 0.1) is 17.7 Å². The van der Waals surface area contributed by atoms with Gasteiger partial charge in [-0.2, -0.15) is 5.26 Å². The van der Waals surface area contributed by atoms with Gasteiger partial charge in [-0.05, 0) is 63.8 Å². The van der Waals surface area contributed by atoms with Crippen LogP contribution in [0.2, 0.25) is 0 Å². The average molecular weight is 516 g/mol. The van der Waals surface area contributed by atoms with E-state index in [0.29, 0.717) is 17.7 Å². The number of anilines is 1. The van der Waals surface area contributed by atoms with Gasteiger partial charge in [0, 0.05) is 35.9 Å². The van der Waals surface area contributed by atoms with E-state index in [4.69, 9.17) is 4.74 Å². The number of nitriles is 1. The third kappa shape index (κ3) is 6.86. The molecule has 1 aliphatic rings. The van der Waals surface area contributed by atoms with Crippen LogP contribution in [0.5, 0.6) is 0 Å². The Hall–Kier alpha value is -3.99. The summed E-state index contributed by atoms with van der Waals surface area (Å²) >= 11 is 0. The van der Waals surface area contributed by atoms with Crippen LogP contribution in [0.1, 0.15) is 62.4 Å². The zero-order chi connectivity index (χ0) is 27.1. The fourth-order valence-electron chi connectivity index (χ4n) is 4.88. The number of nitrogens with zero attached hydrogens (tertiary/aromatic N) is 2. The average Bonchev–Trinajstić information content (AvgIpc) is 3.09. The Morgan fingerprint density at radius 3 is 2.45 bits per heavy atom. The van der Waals surface area contributed by atoms with E-state index in [-0.39, 0.29) is 5.91 Å². The Kier molecular flexibility index (Phi) is 8.57. The first-order valence-electron chi connectivity index (χ1n) is 13.3. The highest BCUT2D eigenvalue weighted by Gasteiger charge is 2.29. The molecule has 0 spiro atoms. The number of carbonyl (C=O) groups excluding carboxylic acids is 2. The normalized spacial score (nSPS) is 15.7. The quantitative estimate of drug-likeness (QED) is 0.378. The highest BCUT2D eigenvalue weighted by Crippen LogP contribution is 2.24. The number of hydrogen-bond acceptors (Lipinski definition) is 5. The lowest BCUT2D eigenvalue weighted by Crippen LogP contribution is -2.49. The first-order valence-corrected chi connectivity index (χ1v) is 13.3. The number of fused-ring (bicyclic) bond motifs is 1. The van der Waals surface area contributed by atoms with Crippen LogP contribution in [0.15, 0.2) is 54.7 Å². The third-order valence-corrected chi connectivity index (χ3v) is 6.72. The van der Waals surface area contributed by atoms with Crippen LogP contribution in [0, 0.1) is 11.3 Å². The summed E-state index contributed by atoms with van der Waals surface area (Å²) in [5.74, 6) is -0.0417. The molecule has 8 heteroatoms. The monoisotopic (exact) mass is 515 g/mol. The molecule has 2 heterocycles. The summed E-state index contributed by atoms with van der Waals surface area (Å²) in [4.78, 5) is 31.4. The van der Waals surface area contributed by atoms with Crippen LogP contribution in [0.3, 0.4) is 0 Å². The minimum Gasteiger partial charge on any atom is -0.444 e.